The van der Waals surface area contributed by atoms with E-state index in [4.69, 9.17) is 9.47 Å². The van der Waals surface area contributed by atoms with Crippen LogP contribution in [0.25, 0.3) is 0 Å². The Labute approximate surface area is 157 Å². The first kappa shape index (κ1) is 19.5. The van der Waals surface area contributed by atoms with Gasteiger partial charge in [0.15, 0.2) is 11.5 Å². The highest BCUT2D eigenvalue weighted by Gasteiger charge is 2.35. The van der Waals surface area contributed by atoms with Crippen LogP contribution in [0.5, 0.6) is 11.5 Å². The summed E-state index contributed by atoms with van der Waals surface area (Å²) in [5.41, 5.74) is 1.22. The zero-order valence-electron chi connectivity index (χ0n) is 16.1. The normalized spacial score (nSPS) is 19.7. The Bertz CT molecular complexity index is 709. The van der Waals surface area contributed by atoms with Gasteiger partial charge in [-0.25, -0.2) is 12.7 Å². The highest BCUT2D eigenvalue weighted by molar-refractivity contribution is 7.89. The molecular formula is C20H31NO4S. The average molecular weight is 382 g/mol. The maximum atomic E-state index is 12.7. The zero-order chi connectivity index (χ0) is 18.7. The standard InChI is InChI=1S/C20H31NO4S/c1-21(26(22,23)17-6-4-5-7-17)13-12-18(15-8-9-15)16-10-11-19(24-2)20(14-16)25-3/h10-11,14-15,17-18H,4-9,12-13H2,1-3H3. The Hall–Kier alpha value is -1.27. The maximum Gasteiger partial charge on any atom is 0.216 e. The molecule has 0 heterocycles. The van der Waals surface area contributed by atoms with E-state index >= 15 is 0 Å². The Morgan fingerprint density at radius 2 is 1.73 bits per heavy atom. The van der Waals surface area contributed by atoms with E-state index in [1.807, 2.05) is 12.1 Å². The first-order chi connectivity index (χ1) is 12.5. The van der Waals surface area contributed by atoms with Crippen molar-refractivity contribution in [3.05, 3.63) is 23.8 Å². The van der Waals surface area contributed by atoms with Crippen molar-refractivity contribution in [3.8, 4) is 11.5 Å². The van der Waals surface area contributed by atoms with Crippen molar-refractivity contribution in [2.45, 2.75) is 56.1 Å². The second-order valence-corrected chi connectivity index (χ2v) is 9.94. The maximum absolute atomic E-state index is 12.7. The first-order valence-corrected chi connectivity index (χ1v) is 11.1. The van der Waals surface area contributed by atoms with Crippen molar-refractivity contribution in [1.82, 2.24) is 4.31 Å². The van der Waals surface area contributed by atoms with Gasteiger partial charge in [0.1, 0.15) is 0 Å². The van der Waals surface area contributed by atoms with Gasteiger partial charge in [-0.15, -0.1) is 0 Å². The van der Waals surface area contributed by atoms with Crippen molar-refractivity contribution in [3.63, 3.8) is 0 Å². The topological polar surface area (TPSA) is 55.8 Å². The molecule has 0 spiro atoms. The summed E-state index contributed by atoms with van der Waals surface area (Å²) in [4.78, 5) is 0. The van der Waals surface area contributed by atoms with Crippen molar-refractivity contribution in [1.29, 1.82) is 0 Å². The molecule has 3 rings (SSSR count). The van der Waals surface area contributed by atoms with Crippen molar-refractivity contribution >= 4 is 10.0 Å². The van der Waals surface area contributed by atoms with Crippen LogP contribution in [0.15, 0.2) is 18.2 Å². The third kappa shape index (κ3) is 4.17. The molecule has 1 unspecified atom stereocenters. The number of nitrogens with zero attached hydrogens (tertiary/aromatic N) is 1. The zero-order valence-corrected chi connectivity index (χ0v) is 16.9. The van der Waals surface area contributed by atoms with Crippen LogP contribution in [-0.4, -0.2) is 45.8 Å². The molecule has 0 amide bonds. The molecule has 5 nitrogen and oxygen atoms in total. The number of methoxy groups -OCH3 is 2. The molecule has 26 heavy (non-hydrogen) atoms. The van der Waals surface area contributed by atoms with Gasteiger partial charge in [-0.2, -0.15) is 0 Å². The molecule has 0 aromatic heterocycles. The SMILES string of the molecule is COc1ccc(C(CCN(C)S(=O)(=O)C2CCCC2)C2CC2)cc1OC. The summed E-state index contributed by atoms with van der Waals surface area (Å²) in [5, 5.41) is -0.173. The summed E-state index contributed by atoms with van der Waals surface area (Å²) >= 11 is 0. The molecule has 2 aliphatic carbocycles. The fourth-order valence-corrected chi connectivity index (χ4v) is 5.94. The lowest BCUT2D eigenvalue weighted by Gasteiger charge is -2.25. The summed E-state index contributed by atoms with van der Waals surface area (Å²) in [6.07, 6.45) is 6.99. The number of benzene rings is 1. The van der Waals surface area contributed by atoms with Crippen LogP contribution in [0.3, 0.4) is 0 Å². The lowest BCUT2D eigenvalue weighted by Crippen LogP contribution is -2.36. The number of rotatable bonds is 9. The van der Waals surface area contributed by atoms with Gasteiger partial charge < -0.3 is 9.47 Å². The molecule has 2 fully saturated rings. The number of sulfonamides is 1. The predicted molar refractivity (Wildman–Crippen MR) is 103 cm³/mol. The van der Waals surface area contributed by atoms with Gasteiger partial charge in [0.05, 0.1) is 19.5 Å². The van der Waals surface area contributed by atoms with E-state index in [9.17, 15) is 8.42 Å². The van der Waals surface area contributed by atoms with E-state index in [0.717, 1.165) is 43.6 Å². The van der Waals surface area contributed by atoms with Crippen LogP contribution >= 0.6 is 0 Å². The van der Waals surface area contributed by atoms with E-state index in [1.54, 1.807) is 25.6 Å². The lowest BCUT2D eigenvalue weighted by molar-refractivity contribution is 0.353. The van der Waals surface area contributed by atoms with Crippen LogP contribution in [0, 0.1) is 5.92 Å². The van der Waals surface area contributed by atoms with Gasteiger partial charge in [-0.3, -0.25) is 0 Å². The van der Waals surface area contributed by atoms with Crippen LogP contribution in [0.1, 0.15) is 56.4 Å². The highest BCUT2D eigenvalue weighted by Crippen LogP contribution is 2.46. The molecule has 0 aliphatic heterocycles. The van der Waals surface area contributed by atoms with E-state index in [0.29, 0.717) is 18.4 Å². The fourth-order valence-electron chi connectivity index (χ4n) is 4.15. The van der Waals surface area contributed by atoms with Crippen LogP contribution in [-0.2, 0) is 10.0 Å². The molecule has 1 aromatic rings. The molecule has 1 atom stereocenters. The minimum absolute atomic E-state index is 0.173. The predicted octanol–water partition coefficient (Wildman–Crippen LogP) is 3.79. The minimum atomic E-state index is -3.16. The van der Waals surface area contributed by atoms with E-state index < -0.39 is 10.0 Å². The molecule has 2 saturated carbocycles. The molecule has 0 radical (unpaired) electrons. The molecule has 1 aromatic carbocycles. The van der Waals surface area contributed by atoms with Gasteiger partial charge in [-0.1, -0.05) is 18.9 Å². The van der Waals surface area contributed by atoms with Crippen LogP contribution in [0.4, 0.5) is 0 Å². The molecule has 0 bridgehead atoms. The quantitative estimate of drug-likeness (QED) is 0.653. The smallest absolute Gasteiger partial charge is 0.216 e. The Morgan fingerprint density at radius 3 is 2.31 bits per heavy atom. The molecule has 0 N–H and O–H groups in total. The van der Waals surface area contributed by atoms with Crippen molar-refractivity contribution < 1.29 is 17.9 Å². The third-order valence-electron chi connectivity index (χ3n) is 5.94. The molecular weight excluding hydrogens is 350 g/mol. The van der Waals surface area contributed by atoms with Gasteiger partial charge in [0.2, 0.25) is 10.0 Å². The van der Waals surface area contributed by atoms with Gasteiger partial charge in [0, 0.05) is 13.6 Å². The number of hydrogen-bond donors (Lipinski definition) is 0. The van der Waals surface area contributed by atoms with E-state index in [2.05, 4.69) is 6.07 Å². The molecule has 146 valence electrons. The van der Waals surface area contributed by atoms with E-state index in [-0.39, 0.29) is 5.25 Å². The summed E-state index contributed by atoms with van der Waals surface area (Å²) in [6, 6.07) is 6.09. The Kier molecular flexibility index (Phi) is 6.13. The van der Waals surface area contributed by atoms with Crippen molar-refractivity contribution in [2.75, 3.05) is 27.8 Å². The summed E-state index contributed by atoms with van der Waals surface area (Å²) in [6.45, 7) is 0.578. The summed E-state index contributed by atoms with van der Waals surface area (Å²) < 4.78 is 37.9. The number of hydrogen-bond acceptors (Lipinski definition) is 4. The first-order valence-electron chi connectivity index (χ1n) is 9.64. The van der Waals surface area contributed by atoms with Gasteiger partial charge >= 0.3 is 0 Å². The summed E-state index contributed by atoms with van der Waals surface area (Å²) in [5.74, 6) is 2.49. The lowest BCUT2D eigenvalue weighted by atomic mass is 9.90. The second kappa shape index (κ2) is 8.17. The van der Waals surface area contributed by atoms with Gasteiger partial charge in [0.25, 0.3) is 0 Å². The average Bonchev–Trinajstić information content (AvgIpc) is 3.32. The molecule has 6 heteroatoms. The molecule has 0 saturated heterocycles. The fraction of sp³-hybridized carbons (Fsp3) is 0.700. The largest absolute Gasteiger partial charge is 0.493 e. The third-order valence-corrected chi connectivity index (χ3v) is 8.30. The van der Waals surface area contributed by atoms with Crippen LogP contribution in [0.2, 0.25) is 0 Å². The Morgan fingerprint density at radius 1 is 1.08 bits per heavy atom. The van der Waals surface area contributed by atoms with E-state index in [1.165, 1.54) is 18.4 Å². The second-order valence-electron chi connectivity index (χ2n) is 7.62. The number of ether oxygens (including phenoxy) is 2. The Balaban J connectivity index is 1.69. The monoisotopic (exact) mass is 381 g/mol. The van der Waals surface area contributed by atoms with Crippen molar-refractivity contribution in [2.24, 2.45) is 5.92 Å². The van der Waals surface area contributed by atoms with Gasteiger partial charge in [-0.05, 0) is 61.6 Å². The van der Waals surface area contributed by atoms with Crippen LogP contribution < -0.4 is 9.47 Å². The molecule has 2 aliphatic rings. The summed E-state index contributed by atoms with van der Waals surface area (Å²) in [7, 11) is 1.87. The minimum Gasteiger partial charge on any atom is -0.493 e. The highest BCUT2D eigenvalue weighted by atomic mass is 32.2.